The van der Waals surface area contributed by atoms with Crippen LogP contribution in [-0.2, 0) is 0 Å². The van der Waals surface area contributed by atoms with Crippen molar-refractivity contribution in [1.82, 2.24) is 20.2 Å². The van der Waals surface area contributed by atoms with E-state index in [-0.39, 0.29) is 5.91 Å². The summed E-state index contributed by atoms with van der Waals surface area (Å²) in [5.74, 6) is 0.748. The van der Waals surface area contributed by atoms with Crippen molar-refractivity contribution in [3.05, 3.63) is 47.8 Å². The Bertz CT molecular complexity index is 728. The molecular weight excluding hydrogens is 328 g/mol. The van der Waals surface area contributed by atoms with Gasteiger partial charge in [0.1, 0.15) is 0 Å². The lowest BCUT2D eigenvalue weighted by atomic mass is 10.1. The first-order valence-corrected chi connectivity index (χ1v) is 9.03. The Hall–Kier alpha value is -2.67. The van der Waals surface area contributed by atoms with Gasteiger partial charge in [0.25, 0.3) is 5.91 Å². The van der Waals surface area contributed by atoms with Crippen LogP contribution in [0.3, 0.4) is 0 Å². The average Bonchev–Trinajstić information content (AvgIpc) is 2.68. The molecule has 1 aromatic heterocycles. The number of benzene rings is 1. The predicted octanol–water partition coefficient (Wildman–Crippen LogP) is 1.31. The van der Waals surface area contributed by atoms with Gasteiger partial charge in [0, 0.05) is 56.4 Å². The van der Waals surface area contributed by atoms with E-state index >= 15 is 0 Å². The lowest BCUT2D eigenvalue weighted by Crippen LogP contribution is -2.47. The van der Waals surface area contributed by atoms with E-state index in [0.717, 1.165) is 50.7 Å². The summed E-state index contributed by atoms with van der Waals surface area (Å²) in [6, 6.07) is 7.27. The van der Waals surface area contributed by atoms with E-state index in [9.17, 15) is 4.79 Å². The van der Waals surface area contributed by atoms with Gasteiger partial charge in [0.05, 0.1) is 0 Å². The Kier molecular flexibility index (Phi) is 6.01. The fourth-order valence-electron chi connectivity index (χ4n) is 3.13. The zero-order chi connectivity index (χ0) is 18.4. The van der Waals surface area contributed by atoms with Crippen molar-refractivity contribution < 1.29 is 4.79 Å². The Morgan fingerprint density at radius 1 is 1.15 bits per heavy atom. The van der Waals surface area contributed by atoms with Crippen LogP contribution in [-0.4, -0.2) is 60.0 Å². The predicted molar refractivity (Wildman–Crippen MR) is 103 cm³/mol. The molecule has 1 saturated heterocycles. The van der Waals surface area contributed by atoms with Crippen LogP contribution in [0.2, 0.25) is 0 Å². The number of nitrogens with zero attached hydrogens (tertiary/aromatic N) is 4. The van der Waals surface area contributed by atoms with Crippen molar-refractivity contribution >= 4 is 17.5 Å². The smallest absolute Gasteiger partial charge is 0.251 e. The van der Waals surface area contributed by atoms with Crippen LogP contribution in [0.4, 0.5) is 11.6 Å². The molecule has 1 fully saturated rings. The number of nitrogens with two attached hydrogens (primary N) is 1. The minimum Gasteiger partial charge on any atom is -0.398 e. The standard InChI is InChI=1S/C19H26N6O/c1-15-16(5-2-6-17(15)20)18(26)21-9-4-10-24-11-13-25(14-12-24)19-22-7-3-8-23-19/h2-3,5-8H,4,9-14,20H2,1H3,(H,21,26). The largest absolute Gasteiger partial charge is 0.398 e. The first-order valence-electron chi connectivity index (χ1n) is 9.03. The quantitative estimate of drug-likeness (QED) is 0.601. The number of carbonyl (C=O) groups is 1. The van der Waals surface area contributed by atoms with Gasteiger partial charge in [0.15, 0.2) is 0 Å². The van der Waals surface area contributed by atoms with E-state index in [2.05, 4.69) is 25.1 Å². The summed E-state index contributed by atoms with van der Waals surface area (Å²) in [4.78, 5) is 25.5. The summed E-state index contributed by atoms with van der Waals surface area (Å²) in [5, 5.41) is 2.99. The van der Waals surface area contributed by atoms with E-state index in [1.807, 2.05) is 31.2 Å². The molecule has 0 atom stereocenters. The lowest BCUT2D eigenvalue weighted by molar-refractivity contribution is 0.0951. The fourth-order valence-corrected chi connectivity index (χ4v) is 3.13. The van der Waals surface area contributed by atoms with Crippen LogP contribution in [0.1, 0.15) is 22.3 Å². The molecule has 3 N–H and O–H groups in total. The maximum atomic E-state index is 12.3. The molecule has 0 aliphatic carbocycles. The number of aromatic nitrogens is 2. The molecule has 1 aromatic carbocycles. The van der Waals surface area contributed by atoms with Crippen LogP contribution < -0.4 is 16.0 Å². The number of nitrogens with one attached hydrogen (secondary N) is 1. The van der Waals surface area contributed by atoms with Crippen LogP contribution in [0, 0.1) is 6.92 Å². The van der Waals surface area contributed by atoms with E-state index in [0.29, 0.717) is 17.8 Å². The summed E-state index contributed by atoms with van der Waals surface area (Å²) < 4.78 is 0. The fraction of sp³-hybridized carbons (Fsp3) is 0.421. The first kappa shape index (κ1) is 18.1. The minimum absolute atomic E-state index is 0.0548. The van der Waals surface area contributed by atoms with Gasteiger partial charge in [-0.3, -0.25) is 9.69 Å². The van der Waals surface area contributed by atoms with Crippen LogP contribution in [0.5, 0.6) is 0 Å². The molecule has 2 aromatic rings. The molecule has 0 unspecified atom stereocenters. The van der Waals surface area contributed by atoms with Crippen molar-refractivity contribution in [2.45, 2.75) is 13.3 Å². The number of hydrogen-bond donors (Lipinski definition) is 2. The topological polar surface area (TPSA) is 87.4 Å². The van der Waals surface area contributed by atoms with Gasteiger partial charge in [0.2, 0.25) is 5.95 Å². The zero-order valence-corrected chi connectivity index (χ0v) is 15.2. The molecule has 26 heavy (non-hydrogen) atoms. The van der Waals surface area contributed by atoms with Crippen molar-refractivity contribution in [3.63, 3.8) is 0 Å². The third kappa shape index (κ3) is 4.49. The van der Waals surface area contributed by atoms with Gasteiger partial charge in [-0.25, -0.2) is 9.97 Å². The molecule has 3 rings (SSSR count). The third-order valence-electron chi connectivity index (χ3n) is 4.76. The SMILES string of the molecule is Cc1c(N)cccc1C(=O)NCCCN1CCN(c2ncccn2)CC1. The lowest BCUT2D eigenvalue weighted by Gasteiger charge is -2.34. The zero-order valence-electron chi connectivity index (χ0n) is 15.2. The molecule has 0 saturated carbocycles. The maximum absolute atomic E-state index is 12.3. The molecule has 1 aliphatic rings. The highest BCUT2D eigenvalue weighted by atomic mass is 16.1. The van der Waals surface area contributed by atoms with E-state index in [4.69, 9.17) is 5.73 Å². The monoisotopic (exact) mass is 354 g/mol. The second kappa shape index (κ2) is 8.62. The normalized spacial score (nSPS) is 15.0. The molecular formula is C19H26N6O. The number of carbonyl (C=O) groups excluding carboxylic acids is 1. The van der Waals surface area contributed by atoms with Gasteiger partial charge in [-0.05, 0) is 43.7 Å². The highest BCUT2D eigenvalue weighted by Crippen LogP contribution is 2.15. The molecule has 2 heterocycles. The maximum Gasteiger partial charge on any atom is 0.251 e. The summed E-state index contributed by atoms with van der Waals surface area (Å²) in [7, 11) is 0. The summed E-state index contributed by atoms with van der Waals surface area (Å²) in [6.07, 6.45) is 4.48. The molecule has 7 heteroatoms. The Morgan fingerprint density at radius 2 is 1.88 bits per heavy atom. The third-order valence-corrected chi connectivity index (χ3v) is 4.76. The van der Waals surface area contributed by atoms with Gasteiger partial charge in [-0.15, -0.1) is 0 Å². The van der Waals surface area contributed by atoms with Crippen molar-refractivity contribution in [3.8, 4) is 0 Å². The number of hydrogen-bond acceptors (Lipinski definition) is 6. The Morgan fingerprint density at radius 3 is 2.62 bits per heavy atom. The molecule has 1 amide bonds. The summed E-state index contributed by atoms with van der Waals surface area (Å²) in [5.41, 5.74) is 8.01. The van der Waals surface area contributed by atoms with Crippen LogP contribution >= 0.6 is 0 Å². The van der Waals surface area contributed by atoms with Gasteiger partial charge in [-0.2, -0.15) is 0 Å². The second-order valence-electron chi connectivity index (χ2n) is 6.51. The molecule has 7 nitrogen and oxygen atoms in total. The number of rotatable bonds is 6. The van der Waals surface area contributed by atoms with Gasteiger partial charge >= 0.3 is 0 Å². The summed E-state index contributed by atoms with van der Waals surface area (Å²) in [6.45, 7) is 7.34. The first-order chi connectivity index (χ1) is 12.6. The second-order valence-corrected chi connectivity index (χ2v) is 6.51. The molecule has 138 valence electrons. The van der Waals surface area contributed by atoms with Crippen molar-refractivity contribution in [1.29, 1.82) is 0 Å². The Labute approximate surface area is 154 Å². The highest BCUT2D eigenvalue weighted by Gasteiger charge is 2.18. The molecule has 0 spiro atoms. The van der Waals surface area contributed by atoms with E-state index < -0.39 is 0 Å². The average molecular weight is 354 g/mol. The van der Waals surface area contributed by atoms with E-state index in [1.165, 1.54) is 0 Å². The highest BCUT2D eigenvalue weighted by molar-refractivity contribution is 5.96. The summed E-state index contributed by atoms with van der Waals surface area (Å²) >= 11 is 0. The number of anilines is 2. The van der Waals surface area contributed by atoms with Gasteiger partial charge in [-0.1, -0.05) is 6.07 Å². The van der Waals surface area contributed by atoms with Crippen LogP contribution in [0.15, 0.2) is 36.7 Å². The number of amides is 1. The molecule has 1 aliphatic heterocycles. The number of nitrogen functional groups attached to an aromatic ring is 1. The van der Waals surface area contributed by atoms with Crippen LogP contribution in [0.25, 0.3) is 0 Å². The molecule has 0 bridgehead atoms. The van der Waals surface area contributed by atoms with Crippen molar-refractivity contribution in [2.24, 2.45) is 0 Å². The minimum atomic E-state index is -0.0548. The Balaban J connectivity index is 1.37. The number of piperazine rings is 1. The van der Waals surface area contributed by atoms with Gasteiger partial charge < -0.3 is 16.0 Å². The van der Waals surface area contributed by atoms with E-state index in [1.54, 1.807) is 12.4 Å². The van der Waals surface area contributed by atoms with Crippen molar-refractivity contribution in [2.75, 3.05) is 49.9 Å². The molecule has 0 radical (unpaired) electrons.